The van der Waals surface area contributed by atoms with Crippen molar-refractivity contribution < 1.29 is 23.8 Å². The average molecular weight is 429 g/mol. The Morgan fingerprint density at radius 3 is 2.23 bits per heavy atom. The average Bonchev–Trinajstić information content (AvgIpc) is 3.16. The van der Waals surface area contributed by atoms with Gasteiger partial charge in [0.05, 0.1) is 17.9 Å². The van der Waals surface area contributed by atoms with E-state index in [2.05, 4.69) is 13.8 Å². The van der Waals surface area contributed by atoms with Crippen molar-refractivity contribution in [2.75, 3.05) is 13.4 Å². The van der Waals surface area contributed by atoms with Gasteiger partial charge in [0, 0.05) is 5.41 Å². The molecule has 0 saturated heterocycles. The topological polar surface area (TPSA) is 61.8 Å². The monoisotopic (exact) mass is 428 g/mol. The van der Waals surface area contributed by atoms with E-state index >= 15 is 0 Å². The number of ether oxygens (including phenoxy) is 3. The molecule has 0 aliphatic heterocycles. The largest absolute Gasteiger partial charge is 0.461 e. The third kappa shape index (κ3) is 2.27. The molecule has 0 spiro atoms. The van der Waals surface area contributed by atoms with Crippen LogP contribution in [0.3, 0.4) is 0 Å². The summed E-state index contributed by atoms with van der Waals surface area (Å²) in [5.41, 5.74) is 0.187. The van der Waals surface area contributed by atoms with Crippen molar-refractivity contribution in [3.05, 3.63) is 0 Å². The SMILES string of the molecule is CC1(C)CC1(C)C(=O)OC1CC23CC(C(=O)OCOCC45CC6CC(C4)C(C6)C5)C12C3. The molecule has 0 radical (unpaired) electrons. The van der Waals surface area contributed by atoms with Gasteiger partial charge in [0.15, 0.2) is 6.79 Å². The minimum Gasteiger partial charge on any atom is -0.461 e. The Morgan fingerprint density at radius 1 is 0.935 bits per heavy atom. The molecule has 7 unspecified atom stereocenters. The maximum Gasteiger partial charge on any atom is 0.312 e. The van der Waals surface area contributed by atoms with Crippen molar-refractivity contribution in [1.29, 1.82) is 0 Å². The van der Waals surface area contributed by atoms with E-state index in [1.807, 2.05) is 6.92 Å². The molecule has 0 heterocycles. The van der Waals surface area contributed by atoms with Gasteiger partial charge < -0.3 is 14.2 Å². The molecule has 170 valence electrons. The van der Waals surface area contributed by atoms with Crippen LogP contribution in [-0.2, 0) is 23.8 Å². The van der Waals surface area contributed by atoms with Crippen LogP contribution in [0.2, 0.25) is 0 Å². The molecule has 8 aliphatic carbocycles. The molecule has 4 bridgehead atoms. The highest BCUT2D eigenvalue weighted by Gasteiger charge is 2.91. The van der Waals surface area contributed by atoms with Crippen molar-refractivity contribution in [2.24, 2.45) is 50.7 Å². The van der Waals surface area contributed by atoms with Gasteiger partial charge in [-0.25, -0.2) is 0 Å². The zero-order chi connectivity index (χ0) is 21.4. The van der Waals surface area contributed by atoms with Gasteiger partial charge in [0.2, 0.25) is 0 Å². The molecule has 0 aromatic carbocycles. The Morgan fingerprint density at radius 2 is 1.65 bits per heavy atom. The molecular weight excluding hydrogens is 392 g/mol. The summed E-state index contributed by atoms with van der Waals surface area (Å²) in [5.74, 6) is 2.47. The Labute approximate surface area is 184 Å². The second kappa shape index (κ2) is 5.51. The summed E-state index contributed by atoms with van der Waals surface area (Å²) < 4.78 is 17.5. The van der Waals surface area contributed by atoms with Gasteiger partial charge in [0.25, 0.3) is 0 Å². The fourth-order valence-electron chi connectivity index (χ4n) is 9.65. The maximum absolute atomic E-state index is 12.8. The van der Waals surface area contributed by atoms with E-state index in [4.69, 9.17) is 14.2 Å². The molecule has 0 amide bonds. The minimum absolute atomic E-state index is 0.0269. The first-order chi connectivity index (χ1) is 14.6. The summed E-state index contributed by atoms with van der Waals surface area (Å²) >= 11 is 0. The molecule has 0 aromatic heterocycles. The summed E-state index contributed by atoms with van der Waals surface area (Å²) in [6.45, 7) is 7.09. The number of esters is 2. The highest BCUT2D eigenvalue weighted by Crippen LogP contribution is 2.91. The molecular formula is C26H36O5. The molecule has 8 fully saturated rings. The van der Waals surface area contributed by atoms with Crippen LogP contribution in [0.25, 0.3) is 0 Å². The zero-order valence-electron chi connectivity index (χ0n) is 19.2. The Kier molecular flexibility index (Phi) is 3.44. The van der Waals surface area contributed by atoms with Crippen molar-refractivity contribution in [1.82, 2.24) is 0 Å². The van der Waals surface area contributed by atoms with Crippen LogP contribution < -0.4 is 0 Å². The number of hydrogen-bond acceptors (Lipinski definition) is 5. The van der Waals surface area contributed by atoms with E-state index in [1.54, 1.807) is 0 Å². The van der Waals surface area contributed by atoms with Crippen molar-refractivity contribution >= 4 is 11.9 Å². The predicted octanol–water partition coefficient (Wildman–Crippen LogP) is 4.48. The van der Waals surface area contributed by atoms with Gasteiger partial charge in [-0.15, -0.1) is 0 Å². The Balaban J connectivity index is 0.911. The van der Waals surface area contributed by atoms with E-state index < -0.39 is 0 Å². The molecule has 5 nitrogen and oxygen atoms in total. The number of rotatable bonds is 7. The predicted molar refractivity (Wildman–Crippen MR) is 111 cm³/mol. The van der Waals surface area contributed by atoms with Crippen LogP contribution in [0.4, 0.5) is 0 Å². The summed E-state index contributed by atoms with van der Waals surface area (Å²) in [5, 5.41) is 0. The lowest BCUT2D eigenvalue weighted by atomic mass is 9.51. The van der Waals surface area contributed by atoms with Gasteiger partial charge in [-0.1, -0.05) is 13.8 Å². The number of carbonyl (C=O) groups excluding carboxylic acids is 2. The minimum atomic E-state index is -0.358. The highest BCUT2D eigenvalue weighted by molar-refractivity contribution is 5.83. The fraction of sp³-hybridized carbons (Fsp3) is 0.923. The Hall–Kier alpha value is -1.10. The van der Waals surface area contributed by atoms with Crippen LogP contribution in [0.5, 0.6) is 0 Å². The lowest BCUT2D eigenvalue weighted by Gasteiger charge is -2.55. The zero-order valence-corrected chi connectivity index (χ0v) is 19.2. The molecule has 0 N–H and O–H groups in total. The first-order valence-electron chi connectivity index (χ1n) is 12.6. The smallest absolute Gasteiger partial charge is 0.312 e. The maximum atomic E-state index is 12.8. The second-order valence-corrected chi connectivity index (χ2v) is 13.6. The van der Waals surface area contributed by atoms with E-state index in [0.717, 1.165) is 50.0 Å². The van der Waals surface area contributed by atoms with E-state index in [9.17, 15) is 9.59 Å². The summed E-state index contributed by atoms with van der Waals surface area (Å²) in [4.78, 5) is 25.6. The first kappa shape index (κ1) is 19.4. The number of carbonyl (C=O) groups is 2. The van der Waals surface area contributed by atoms with Crippen molar-refractivity contribution in [3.63, 3.8) is 0 Å². The lowest BCUT2D eigenvalue weighted by molar-refractivity contribution is -0.210. The molecule has 8 aliphatic rings. The van der Waals surface area contributed by atoms with E-state index in [0.29, 0.717) is 5.41 Å². The standard InChI is InChI=1S/C26H36O5/c1-22(2)11-23(22,3)21(28)31-19-10-25-9-18(26(19,25)12-25)20(27)30-14-29-13-24-6-15-4-16(7-24)17(5-15)8-24/h15-19H,4-14H2,1-3H3. The lowest BCUT2D eigenvalue weighted by Crippen LogP contribution is -2.59. The first-order valence-corrected chi connectivity index (χ1v) is 12.6. The fourth-order valence-corrected chi connectivity index (χ4v) is 9.65. The third-order valence-electron chi connectivity index (χ3n) is 11.8. The highest BCUT2D eigenvalue weighted by atomic mass is 16.7. The van der Waals surface area contributed by atoms with Crippen LogP contribution >= 0.6 is 0 Å². The molecule has 8 saturated carbocycles. The van der Waals surface area contributed by atoms with Crippen LogP contribution in [0.1, 0.15) is 78.6 Å². The van der Waals surface area contributed by atoms with Crippen molar-refractivity contribution in [3.8, 4) is 0 Å². The molecule has 0 aromatic rings. The number of hydrogen-bond donors (Lipinski definition) is 0. The molecule has 5 heteroatoms. The van der Waals surface area contributed by atoms with Crippen molar-refractivity contribution in [2.45, 2.75) is 84.7 Å². The molecule has 7 atom stereocenters. The normalized spacial score (nSPS) is 55.5. The Bertz CT molecular complexity index is 860. The van der Waals surface area contributed by atoms with Gasteiger partial charge in [-0.3, -0.25) is 9.59 Å². The van der Waals surface area contributed by atoms with E-state index in [-0.39, 0.29) is 52.4 Å². The van der Waals surface area contributed by atoms with Crippen LogP contribution in [-0.4, -0.2) is 31.4 Å². The quantitative estimate of drug-likeness (QED) is 0.340. The van der Waals surface area contributed by atoms with Crippen LogP contribution in [0.15, 0.2) is 0 Å². The van der Waals surface area contributed by atoms with Gasteiger partial charge in [-0.2, -0.15) is 0 Å². The molecule has 8 rings (SSSR count). The summed E-state index contributed by atoms with van der Waals surface area (Å²) in [7, 11) is 0. The third-order valence-corrected chi connectivity index (χ3v) is 11.8. The summed E-state index contributed by atoms with van der Waals surface area (Å²) in [6.07, 6.45) is 10.5. The van der Waals surface area contributed by atoms with Gasteiger partial charge in [-0.05, 0) is 98.7 Å². The van der Waals surface area contributed by atoms with Gasteiger partial charge in [0.1, 0.15) is 6.10 Å². The summed E-state index contributed by atoms with van der Waals surface area (Å²) in [6, 6.07) is 0. The second-order valence-electron chi connectivity index (χ2n) is 13.6. The van der Waals surface area contributed by atoms with Crippen LogP contribution in [0, 0.1) is 50.7 Å². The van der Waals surface area contributed by atoms with E-state index in [1.165, 1.54) is 32.1 Å². The molecule has 31 heavy (non-hydrogen) atoms. The van der Waals surface area contributed by atoms with Gasteiger partial charge >= 0.3 is 11.9 Å².